The molecule has 3 N–H and O–H groups in total. The molecule has 0 saturated carbocycles. The zero-order valence-electron chi connectivity index (χ0n) is 14.9. The van der Waals surface area contributed by atoms with E-state index in [-0.39, 0.29) is 17.1 Å². The van der Waals surface area contributed by atoms with Crippen molar-refractivity contribution < 1.29 is 29.2 Å². The Labute approximate surface area is 150 Å². The number of phenols is 2. The first-order valence-corrected chi connectivity index (χ1v) is 7.58. The number of carbonyl (C=O) groups is 1. The summed E-state index contributed by atoms with van der Waals surface area (Å²) in [5, 5.41) is 23.1. The summed E-state index contributed by atoms with van der Waals surface area (Å²) in [7, 11) is 4.38. The molecule has 0 unspecified atom stereocenters. The number of amides is 1. The van der Waals surface area contributed by atoms with E-state index in [0.717, 1.165) is 0 Å². The summed E-state index contributed by atoms with van der Waals surface area (Å²) in [5.74, 6) is 0.346. The minimum atomic E-state index is -0.498. The first-order valence-electron chi connectivity index (χ1n) is 7.58. The number of ether oxygens (including phenoxy) is 3. The summed E-state index contributed by atoms with van der Waals surface area (Å²) in [6.45, 7) is 1.61. The van der Waals surface area contributed by atoms with E-state index >= 15 is 0 Å². The van der Waals surface area contributed by atoms with Gasteiger partial charge in [0, 0.05) is 17.2 Å². The molecule has 0 aliphatic carbocycles. The molecule has 0 radical (unpaired) electrons. The number of rotatable bonds is 6. The number of hydrazone groups is 1. The highest BCUT2D eigenvalue weighted by atomic mass is 16.5. The van der Waals surface area contributed by atoms with E-state index in [4.69, 9.17) is 14.2 Å². The number of carbonyl (C=O) groups excluding carboxylic acids is 1. The van der Waals surface area contributed by atoms with Crippen LogP contribution in [0.15, 0.2) is 35.4 Å². The Morgan fingerprint density at radius 1 is 1.00 bits per heavy atom. The third-order valence-electron chi connectivity index (χ3n) is 3.62. The van der Waals surface area contributed by atoms with Crippen LogP contribution >= 0.6 is 0 Å². The zero-order valence-corrected chi connectivity index (χ0v) is 14.9. The largest absolute Gasteiger partial charge is 0.508 e. The number of methoxy groups -OCH3 is 3. The van der Waals surface area contributed by atoms with Gasteiger partial charge in [-0.2, -0.15) is 5.10 Å². The molecule has 2 aromatic rings. The molecule has 0 aliphatic rings. The molecule has 8 nitrogen and oxygen atoms in total. The van der Waals surface area contributed by atoms with Gasteiger partial charge in [-0.3, -0.25) is 4.79 Å². The second-order valence-corrected chi connectivity index (χ2v) is 5.25. The number of benzene rings is 2. The first-order chi connectivity index (χ1) is 12.4. The number of phenolic OH excluding ortho intramolecular Hbond substituents is 2. The van der Waals surface area contributed by atoms with Crippen LogP contribution in [-0.2, 0) is 0 Å². The molecule has 0 heterocycles. The maximum absolute atomic E-state index is 12.4. The van der Waals surface area contributed by atoms with Crippen molar-refractivity contribution in [2.45, 2.75) is 6.92 Å². The van der Waals surface area contributed by atoms with E-state index in [1.807, 2.05) is 0 Å². The van der Waals surface area contributed by atoms with Crippen LogP contribution in [0.5, 0.6) is 28.7 Å². The van der Waals surface area contributed by atoms with Crippen LogP contribution in [0.3, 0.4) is 0 Å². The molecule has 0 fully saturated rings. The van der Waals surface area contributed by atoms with E-state index in [2.05, 4.69) is 10.5 Å². The average molecular weight is 360 g/mol. The predicted octanol–water partition coefficient (Wildman–Crippen LogP) is 2.28. The molecule has 0 saturated heterocycles. The zero-order chi connectivity index (χ0) is 19.3. The minimum Gasteiger partial charge on any atom is -0.508 e. The normalized spacial score (nSPS) is 11.0. The van der Waals surface area contributed by atoms with Gasteiger partial charge in [0.1, 0.15) is 11.5 Å². The fourth-order valence-corrected chi connectivity index (χ4v) is 2.30. The summed E-state index contributed by atoms with van der Waals surface area (Å²) in [6, 6.07) is 7.10. The highest BCUT2D eigenvalue weighted by Gasteiger charge is 2.17. The SMILES string of the molecule is COc1cc(C(=O)NN=C(C)c2ccc(O)cc2O)cc(OC)c1OC. The second-order valence-electron chi connectivity index (χ2n) is 5.25. The van der Waals surface area contributed by atoms with E-state index in [0.29, 0.717) is 28.5 Å². The third-order valence-corrected chi connectivity index (χ3v) is 3.62. The van der Waals surface area contributed by atoms with Crippen molar-refractivity contribution in [1.29, 1.82) is 0 Å². The molecule has 2 aromatic carbocycles. The molecule has 138 valence electrons. The lowest BCUT2D eigenvalue weighted by Crippen LogP contribution is -2.19. The lowest BCUT2D eigenvalue weighted by molar-refractivity contribution is 0.0954. The van der Waals surface area contributed by atoms with Crippen molar-refractivity contribution in [2.24, 2.45) is 5.10 Å². The molecular formula is C18H20N2O6. The maximum atomic E-state index is 12.4. The highest BCUT2D eigenvalue weighted by Crippen LogP contribution is 2.38. The molecule has 8 heteroatoms. The van der Waals surface area contributed by atoms with Gasteiger partial charge in [-0.15, -0.1) is 0 Å². The van der Waals surface area contributed by atoms with Gasteiger partial charge in [0.2, 0.25) is 5.75 Å². The summed E-state index contributed by atoms with van der Waals surface area (Å²) in [6.07, 6.45) is 0. The van der Waals surface area contributed by atoms with Gasteiger partial charge in [0.15, 0.2) is 11.5 Å². The number of nitrogens with one attached hydrogen (secondary N) is 1. The monoisotopic (exact) mass is 360 g/mol. The van der Waals surface area contributed by atoms with Crippen LogP contribution in [0.1, 0.15) is 22.8 Å². The first kappa shape index (κ1) is 18.9. The lowest BCUT2D eigenvalue weighted by Gasteiger charge is -2.13. The number of hydrogen-bond donors (Lipinski definition) is 3. The molecular weight excluding hydrogens is 340 g/mol. The van der Waals surface area contributed by atoms with E-state index in [1.54, 1.807) is 6.92 Å². The smallest absolute Gasteiger partial charge is 0.271 e. The fourth-order valence-electron chi connectivity index (χ4n) is 2.30. The van der Waals surface area contributed by atoms with Gasteiger partial charge in [-0.05, 0) is 31.2 Å². The van der Waals surface area contributed by atoms with Crippen molar-refractivity contribution in [1.82, 2.24) is 5.43 Å². The van der Waals surface area contributed by atoms with Crippen LogP contribution in [-0.4, -0.2) is 43.2 Å². The van der Waals surface area contributed by atoms with Gasteiger partial charge >= 0.3 is 0 Å². The van der Waals surface area contributed by atoms with Crippen LogP contribution in [0.25, 0.3) is 0 Å². The average Bonchev–Trinajstić information content (AvgIpc) is 2.64. The van der Waals surface area contributed by atoms with Gasteiger partial charge in [-0.25, -0.2) is 5.43 Å². The second kappa shape index (κ2) is 8.11. The minimum absolute atomic E-state index is 0.0690. The highest BCUT2D eigenvalue weighted by molar-refractivity contribution is 6.03. The third kappa shape index (κ3) is 3.97. The summed E-state index contributed by atoms with van der Waals surface area (Å²) in [5.41, 5.74) is 3.40. The van der Waals surface area contributed by atoms with Crippen LogP contribution in [0.2, 0.25) is 0 Å². The molecule has 26 heavy (non-hydrogen) atoms. The Morgan fingerprint density at radius 2 is 1.62 bits per heavy atom. The Balaban J connectivity index is 2.27. The van der Waals surface area contributed by atoms with Gasteiger partial charge in [0.05, 0.1) is 27.0 Å². The maximum Gasteiger partial charge on any atom is 0.271 e. The van der Waals surface area contributed by atoms with Crippen molar-refractivity contribution in [3.63, 3.8) is 0 Å². The van der Waals surface area contributed by atoms with Crippen LogP contribution < -0.4 is 19.6 Å². The molecule has 1 amide bonds. The van der Waals surface area contributed by atoms with Gasteiger partial charge in [-0.1, -0.05) is 0 Å². The van der Waals surface area contributed by atoms with Crippen molar-refractivity contribution in [3.05, 3.63) is 41.5 Å². The Kier molecular flexibility index (Phi) is 5.90. The van der Waals surface area contributed by atoms with E-state index in [9.17, 15) is 15.0 Å². The van der Waals surface area contributed by atoms with Gasteiger partial charge < -0.3 is 24.4 Å². The van der Waals surface area contributed by atoms with Gasteiger partial charge in [0.25, 0.3) is 5.91 Å². The quantitative estimate of drug-likeness (QED) is 0.539. The van der Waals surface area contributed by atoms with Crippen molar-refractivity contribution in [3.8, 4) is 28.7 Å². The van der Waals surface area contributed by atoms with E-state index in [1.165, 1.54) is 51.7 Å². The van der Waals surface area contributed by atoms with E-state index < -0.39 is 5.91 Å². The topological polar surface area (TPSA) is 110 Å². The number of aromatic hydroxyl groups is 2. The number of nitrogens with zero attached hydrogens (tertiary/aromatic N) is 1. The van der Waals surface area contributed by atoms with Crippen molar-refractivity contribution >= 4 is 11.6 Å². The lowest BCUT2D eigenvalue weighted by atomic mass is 10.1. The molecule has 2 rings (SSSR count). The van der Waals surface area contributed by atoms with Crippen LogP contribution in [0.4, 0.5) is 0 Å². The van der Waals surface area contributed by atoms with Crippen molar-refractivity contribution in [2.75, 3.05) is 21.3 Å². The summed E-state index contributed by atoms with van der Waals surface area (Å²) < 4.78 is 15.6. The molecule has 0 aromatic heterocycles. The summed E-state index contributed by atoms with van der Waals surface area (Å²) in [4.78, 5) is 12.4. The molecule has 0 bridgehead atoms. The molecule has 0 aliphatic heterocycles. The Hall–Kier alpha value is -3.42. The van der Waals surface area contributed by atoms with Crippen LogP contribution in [0, 0.1) is 0 Å². The fraction of sp³-hybridized carbons (Fsp3) is 0.222. The number of hydrogen-bond acceptors (Lipinski definition) is 7. The Bertz CT molecular complexity index is 823. The summed E-state index contributed by atoms with van der Waals surface area (Å²) >= 11 is 0. The molecule has 0 atom stereocenters. The molecule has 0 spiro atoms. The Morgan fingerprint density at radius 3 is 2.12 bits per heavy atom. The standard InChI is InChI=1S/C18H20N2O6/c1-10(13-6-5-12(21)9-14(13)22)19-20-18(23)11-7-15(24-2)17(26-4)16(8-11)25-3/h5-9,21-22H,1-4H3,(H,20,23). The predicted molar refractivity (Wildman–Crippen MR) is 95.5 cm³/mol.